The van der Waals surface area contributed by atoms with Crippen LogP contribution >= 0.6 is 0 Å². The van der Waals surface area contributed by atoms with Crippen LogP contribution in [0, 0.1) is 22.7 Å². The van der Waals surface area contributed by atoms with Crippen molar-refractivity contribution >= 4 is 11.6 Å². The third-order valence-corrected chi connectivity index (χ3v) is 2.65. The van der Waals surface area contributed by atoms with Gasteiger partial charge in [0.05, 0.1) is 0 Å². The smallest absolute Gasteiger partial charge is 0.144 e. The number of benzene rings is 1. The molecule has 0 aliphatic rings. The number of hydrogen-bond donors (Lipinski definition) is 3. The molecule has 0 fully saturated rings. The van der Waals surface area contributed by atoms with Crippen LogP contribution in [0.4, 0.5) is 11.6 Å². The van der Waals surface area contributed by atoms with Crippen LogP contribution in [0.15, 0.2) is 24.3 Å². The molecule has 0 aliphatic heterocycles. The molecule has 1 aromatic carbocycles. The first kappa shape index (κ1) is 12.2. The quantitative estimate of drug-likeness (QED) is 0.700. The Hall–Kier alpha value is -3.25. The van der Waals surface area contributed by atoms with Gasteiger partial charge in [0.2, 0.25) is 0 Å². The summed E-state index contributed by atoms with van der Waals surface area (Å²) in [5.74, 6) is -0.213. The lowest BCUT2D eigenvalue weighted by Gasteiger charge is -2.11. The number of aromatic nitrogens is 1. The second-order valence-electron chi connectivity index (χ2n) is 3.75. The number of rotatable bonds is 1. The first-order chi connectivity index (χ1) is 9.10. The summed E-state index contributed by atoms with van der Waals surface area (Å²) in [7, 11) is 0. The zero-order valence-electron chi connectivity index (χ0n) is 9.75. The highest BCUT2D eigenvalue weighted by atomic mass is 16.3. The van der Waals surface area contributed by atoms with Crippen LogP contribution in [0.1, 0.15) is 11.1 Å². The van der Waals surface area contributed by atoms with Gasteiger partial charge in [0.1, 0.15) is 40.7 Å². The van der Waals surface area contributed by atoms with E-state index < -0.39 is 0 Å². The lowest BCUT2D eigenvalue weighted by molar-refractivity contribution is 0.477. The van der Waals surface area contributed by atoms with Crippen LogP contribution < -0.4 is 11.5 Å². The lowest BCUT2D eigenvalue weighted by atomic mass is 9.95. The van der Waals surface area contributed by atoms with Crippen LogP contribution in [0.3, 0.4) is 0 Å². The predicted octanol–water partition coefficient (Wildman–Crippen LogP) is 1.36. The number of hydrogen-bond acceptors (Lipinski definition) is 6. The summed E-state index contributed by atoms with van der Waals surface area (Å²) < 4.78 is 0. The molecule has 0 atom stereocenters. The fourth-order valence-electron chi connectivity index (χ4n) is 1.80. The number of nitrogens with zero attached hydrogens (tertiary/aromatic N) is 3. The third kappa shape index (κ3) is 1.88. The molecule has 1 aromatic heterocycles. The molecule has 0 spiro atoms. The van der Waals surface area contributed by atoms with Gasteiger partial charge in [-0.05, 0) is 6.07 Å². The molecule has 0 saturated heterocycles. The van der Waals surface area contributed by atoms with Gasteiger partial charge >= 0.3 is 0 Å². The Bertz CT molecular complexity index is 702. The van der Waals surface area contributed by atoms with Gasteiger partial charge in [-0.2, -0.15) is 10.5 Å². The van der Waals surface area contributed by atoms with Gasteiger partial charge in [0.15, 0.2) is 0 Å². The highest BCUT2D eigenvalue weighted by Crippen LogP contribution is 2.37. The topological polar surface area (TPSA) is 133 Å². The number of nitrogen functional groups attached to an aromatic ring is 2. The van der Waals surface area contributed by atoms with E-state index in [0.29, 0.717) is 5.56 Å². The van der Waals surface area contributed by atoms with Gasteiger partial charge in [-0.3, -0.25) is 0 Å². The van der Waals surface area contributed by atoms with Crippen molar-refractivity contribution in [3.8, 4) is 29.0 Å². The fraction of sp³-hybridized carbons (Fsp3) is 0. The molecular formula is C13H9N5O. The second-order valence-corrected chi connectivity index (χ2v) is 3.75. The van der Waals surface area contributed by atoms with Gasteiger partial charge in [-0.25, -0.2) is 4.98 Å². The number of nitrogens with two attached hydrogens (primary N) is 2. The molecule has 5 N–H and O–H groups in total. The summed E-state index contributed by atoms with van der Waals surface area (Å²) in [5.41, 5.74) is 11.8. The summed E-state index contributed by atoms with van der Waals surface area (Å²) in [5, 5.41) is 28.2. The van der Waals surface area contributed by atoms with E-state index in [9.17, 15) is 5.11 Å². The first-order valence-electron chi connectivity index (χ1n) is 5.27. The Morgan fingerprint density at radius 3 is 2.00 bits per heavy atom. The van der Waals surface area contributed by atoms with Crippen LogP contribution in [0.5, 0.6) is 5.75 Å². The second kappa shape index (κ2) is 4.55. The maximum absolute atomic E-state index is 9.86. The summed E-state index contributed by atoms with van der Waals surface area (Å²) in [4.78, 5) is 3.76. The van der Waals surface area contributed by atoms with Crippen LogP contribution in [-0.4, -0.2) is 10.1 Å². The molecule has 19 heavy (non-hydrogen) atoms. The molecule has 2 rings (SSSR count). The van der Waals surface area contributed by atoms with E-state index in [1.165, 1.54) is 6.07 Å². The van der Waals surface area contributed by atoms with Crippen molar-refractivity contribution in [2.45, 2.75) is 0 Å². The van der Waals surface area contributed by atoms with Crippen molar-refractivity contribution in [1.82, 2.24) is 4.98 Å². The predicted molar refractivity (Wildman–Crippen MR) is 69.6 cm³/mol. The summed E-state index contributed by atoms with van der Waals surface area (Å²) in [6.07, 6.45) is 0. The van der Waals surface area contributed by atoms with E-state index in [2.05, 4.69) is 4.98 Å². The van der Waals surface area contributed by atoms with Gasteiger partial charge in [0.25, 0.3) is 0 Å². The molecular weight excluding hydrogens is 242 g/mol. The molecule has 2 aromatic rings. The van der Waals surface area contributed by atoms with Crippen molar-refractivity contribution in [1.29, 1.82) is 10.5 Å². The third-order valence-electron chi connectivity index (χ3n) is 2.65. The molecule has 92 valence electrons. The Balaban J connectivity index is 2.94. The van der Waals surface area contributed by atoms with E-state index in [-0.39, 0.29) is 34.1 Å². The van der Waals surface area contributed by atoms with E-state index in [0.717, 1.165) is 0 Å². The molecule has 6 nitrogen and oxygen atoms in total. The lowest BCUT2D eigenvalue weighted by Crippen LogP contribution is -2.05. The molecule has 0 saturated carbocycles. The molecule has 6 heteroatoms. The molecule has 0 radical (unpaired) electrons. The summed E-state index contributed by atoms with van der Waals surface area (Å²) >= 11 is 0. The van der Waals surface area contributed by atoms with Gasteiger partial charge < -0.3 is 16.6 Å². The van der Waals surface area contributed by atoms with Crippen molar-refractivity contribution in [2.75, 3.05) is 11.5 Å². The molecule has 0 bridgehead atoms. The zero-order valence-corrected chi connectivity index (χ0v) is 9.75. The van der Waals surface area contributed by atoms with Crippen LogP contribution in [0.25, 0.3) is 11.1 Å². The van der Waals surface area contributed by atoms with Crippen molar-refractivity contribution < 1.29 is 5.11 Å². The minimum atomic E-state index is -0.0720. The minimum absolute atomic E-state index is 0.0206. The van der Waals surface area contributed by atoms with Crippen molar-refractivity contribution in [3.05, 3.63) is 35.4 Å². The standard InChI is InChI=1S/C13H9N5O/c14-5-8-11(7-3-1-2-4-10(7)19)9(6-15)13(17)18-12(8)16/h1-4,19H,(H4,16,17,18). The van der Waals surface area contributed by atoms with E-state index >= 15 is 0 Å². The summed E-state index contributed by atoms with van der Waals surface area (Å²) in [6, 6.07) is 10.1. The van der Waals surface area contributed by atoms with E-state index in [1.807, 2.05) is 12.1 Å². The maximum Gasteiger partial charge on any atom is 0.144 e. The average Bonchev–Trinajstić information content (AvgIpc) is 2.38. The minimum Gasteiger partial charge on any atom is -0.507 e. The molecule has 0 unspecified atom stereocenters. The number of aromatic hydroxyl groups is 1. The number of phenols is 1. The number of phenolic OH excluding ortho intramolecular Hbond substituents is 1. The number of pyridine rings is 1. The average molecular weight is 251 g/mol. The van der Waals surface area contributed by atoms with Gasteiger partial charge in [-0.1, -0.05) is 18.2 Å². The van der Waals surface area contributed by atoms with E-state index in [4.69, 9.17) is 22.0 Å². The Morgan fingerprint density at radius 1 is 1.00 bits per heavy atom. The normalized spacial score (nSPS) is 9.58. The summed E-state index contributed by atoms with van der Waals surface area (Å²) in [6.45, 7) is 0. The molecule has 0 aliphatic carbocycles. The largest absolute Gasteiger partial charge is 0.507 e. The number of anilines is 2. The van der Waals surface area contributed by atoms with Crippen LogP contribution in [0.2, 0.25) is 0 Å². The van der Waals surface area contributed by atoms with Crippen LogP contribution in [-0.2, 0) is 0 Å². The number of nitriles is 2. The zero-order chi connectivity index (χ0) is 14.0. The van der Waals surface area contributed by atoms with Crippen molar-refractivity contribution in [3.63, 3.8) is 0 Å². The maximum atomic E-state index is 9.86. The SMILES string of the molecule is N#Cc1c(N)nc(N)c(C#N)c1-c1ccccc1O. The first-order valence-corrected chi connectivity index (χ1v) is 5.27. The highest BCUT2D eigenvalue weighted by molar-refractivity contribution is 5.86. The molecule has 0 amide bonds. The Kier molecular flexibility index (Phi) is 2.93. The highest BCUT2D eigenvalue weighted by Gasteiger charge is 2.20. The molecule has 1 heterocycles. The Morgan fingerprint density at radius 2 is 1.53 bits per heavy atom. The Labute approximate surface area is 109 Å². The monoisotopic (exact) mass is 251 g/mol. The fourth-order valence-corrected chi connectivity index (χ4v) is 1.80. The van der Waals surface area contributed by atoms with Crippen molar-refractivity contribution in [2.24, 2.45) is 0 Å². The number of para-hydroxylation sites is 1. The van der Waals surface area contributed by atoms with Gasteiger partial charge in [-0.15, -0.1) is 0 Å². The van der Waals surface area contributed by atoms with E-state index in [1.54, 1.807) is 18.2 Å². The van der Waals surface area contributed by atoms with Gasteiger partial charge in [0, 0.05) is 11.1 Å².